The monoisotopic (exact) mass is 343 g/mol. The molecule has 7 heteroatoms. The van der Waals surface area contributed by atoms with E-state index in [-0.39, 0.29) is 6.03 Å². The predicted octanol–water partition coefficient (Wildman–Crippen LogP) is 2.41. The first-order valence-electron chi connectivity index (χ1n) is 8.73. The van der Waals surface area contributed by atoms with Gasteiger partial charge in [0.15, 0.2) is 0 Å². The number of nitrogens with zero attached hydrogens (tertiary/aromatic N) is 4. The summed E-state index contributed by atoms with van der Waals surface area (Å²) in [4.78, 5) is 14.5. The summed E-state index contributed by atoms with van der Waals surface area (Å²) >= 11 is 0. The van der Waals surface area contributed by atoms with Gasteiger partial charge < -0.3 is 15.0 Å². The number of hydrogen-bond acceptors (Lipinski definition) is 4. The van der Waals surface area contributed by atoms with Crippen LogP contribution < -0.4 is 5.32 Å². The number of piperidine rings is 1. The van der Waals surface area contributed by atoms with Crippen molar-refractivity contribution >= 4 is 11.7 Å². The van der Waals surface area contributed by atoms with E-state index in [1.54, 1.807) is 13.3 Å². The lowest BCUT2D eigenvalue weighted by molar-refractivity contribution is 0.175. The largest absolute Gasteiger partial charge is 0.384 e. The lowest BCUT2D eigenvalue weighted by Gasteiger charge is -2.32. The maximum atomic E-state index is 12.6. The molecule has 0 atom stereocenters. The van der Waals surface area contributed by atoms with Crippen molar-refractivity contribution in [1.29, 1.82) is 0 Å². The Morgan fingerprint density at radius 2 is 2.12 bits per heavy atom. The predicted molar refractivity (Wildman–Crippen MR) is 95.4 cm³/mol. The van der Waals surface area contributed by atoms with E-state index in [1.165, 1.54) is 0 Å². The van der Waals surface area contributed by atoms with E-state index in [1.807, 2.05) is 40.0 Å². The zero-order chi connectivity index (χ0) is 17.5. The third-order valence-electron chi connectivity index (χ3n) is 4.65. The van der Waals surface area contributed by atoms with E-state index in [0.29, 0.717) is 12.5 Å². The van der Waals surface area contributed by atoms with E-state index in [9.17, 15) is 4.79 Å². The fourth-order valence-corrected chi connectivity index (χ4v) is 3.18. The maximum Gasteiger partial charge on any atom is 0.321 e. The number of aromatic nitrogens is 3. The van der Waals surface area contributed by atoms with Crippen LogP contribution in [0, 0.1) is 5.92 Å². The van der Waals surface area contributed by atoms with Crippen LogP contribution in [0.2, 0.25) is 0 Å². The number of anilines is 1. The van der Waals surface area contributed by atoms with Crippen LogP contribution in [0.25, 0.3) is 0 Å². The molecule has 0 spiro atoms. The van der Waals surface area contributed by atoms with Gasteiger partial charge in [0.1, 0.15) is 0 Å². The zero-order valence-electron chi connectivity index (χ0n) is 14.6. The Labute approximate surface area is 148 Å². The fourth-order valence-electron chi connectivity index (χ4n) is 3.18. The molecule has 0 radical (unpaired) electrons. The molecule has 0 unspecified atom stereocenters. The number of likely N-dealkylation sites (tertiary alicyclic amines) is 1. The SMILES string of the molecule is COCCc1ccccc1NC(=O)N1CCC(Cn2ccnn2)CC1. The number of urea groups is 1. The molecule has 1 aliphatic heterocycles. The van der Waals surface area contributed by atoms with Crippen LogP contribution in [0.15, 0.2) is 36.7 Å². The smallest absolute Gasteiger partial charge is 0.321 e. The second kappa shape index (κ2) is 8.62. The van der Waals surface area contributed by atoms with Crippen molar-refractivity contribution in [3.8, 4) is 0 Å². The van der Waals surface area contributed by atoms with E-state index in [0.717, 1.165) is 50.1 Å². The summed E-state index contributed by atoms with van der Waals surface area (Å²) in [5.74, 6) is 0.541. The minimum absolute atomic E-state index is 0.0240. The molecule has 1 N–H and O–H groups in total. The Morgan fingerprint density at radius 1 is 1.32 bits per heavy atom. The number of rotatable bonds is 6. The molecule has 1 fully saturated rings. The van der Waals surface area contributed by atoms with Gasteiger partial charge in [0.05, 0.1) is 12.8 Å². The number of nitrogens with one attached hydrogen (secondary N) is 1. The second-order valence-electron chi connectivity index (χ2n) is 6.39. The van der Waals surface area contributed by atoms with Crippen LogP contribution in [0.1, 0.15) is 18.4 Å². The quantitative estimate of drug-likeness (QED) is 0.874. The number of para-hydroxylation sites is 1. The Kier molecular flexibility index (Phi) is 6.00. The number of amides is 2. The third kappa shape index (κ3) is 4.79. The molecule has 0 aliphatic carbocycles. The van der Waals surface area contributed by atoms with Gasteiger partial charge in [-0.3, -0.25) is 4.68 Å². The lowest BCUT2D eigenvalue weighted by Crippen LogP contribution is -2.41. The van der Waals surface area contributed by atoms with E-state index < -0.39 is 0 Å². The first-order valence-corrected chi connectivity index (χ1v) is 8.73. The highest BCUT2D eigenvalue weighted by atomic mass is 16.5. The number of benzene rings is 1. The number of carbonyl (C=O) groups excluding carboxylic acids is 1. The molecule has 1 aromatic heterocycles. The molecule has 2 aromatic rings. The van der Waals surface area contributed by atoms with Crippen molar-refractivity contribution in [2.24, 2.45) is 5.92 Å². The molecule has 25 heavy (non-hydrogen) atoms. The van der Waals surface area contributed by atoms with Gasteiger partial charge in [0, 0.05) is 38.6 Å². The van der Waals surface area contributed by atoms with Crippen LogP contribution in [0.5, 0.6) is 0 Å². The highest BCUT2D eigenvalue weighted by Crippen LogP contribution is 2.21. The minimum atomic E-state index is -0.0240. The fraction of sp³-hybridized carbons (Fsp3) is 0.500. The molecule has 3 rings (SSSR count). The van der Waals surface area contributed by atoms with Gasteiger partial charge in [-0.2, -0.15) is 0 Å². The molecule has 2 amide bonds. The summed E-state index contributed by atoms with van der Waals surface area (Å²) < 4.78 is 7.01. The van der Waals surface area contributed by atoms with E-state index in [4.69, 9.17) is 4.74 Å². The first-order chi connectivity index (χ1) is 12.3. The molecular weight excluding hydrogens is 318 g/mol. The highest BCUT2D eigenvalue weighted by Gasteiger charge is 2.23. The zero-order valence-corrected chi connectivity index (χ0v) is 14.6. The van der Waals surface area contributed by atoms with Crippen molar-refractivity contribution < 1.29 is 9.53 Å². The van der Waals surface area contributed by atoms with Gasteiger partial charge in [0.25, 0.3) is 0 Å². The van der Waals surface area contributed by atoms with Gasteiger partial charge in [0.2, 0.25) is 0 Å². The van der Waals surface area contributed by atoms with E-state index >= 15 is 0 Å². The van der Waals surface area contributed by atoms with Crippen molar-refractivity contribution in [2.75, 3.05) is 32.1 Å². The Morgan fingerprint density at radius 3 is 2.84 bits per heavy atom. The number of ether oxygens (including phenoxy) is 1. The molecule has 134 valence electrons. The number of carbonyl (C=O) groups is 1. The number of hydrogen-bond donors (Lipinski definition) is 1. The normalized spacial score (nSPS) is 15.3. The lowest BCUT2D eigenvalue weighted by atomic mass is 9.97. The Bertz CT molecular complexity index is 666. The summed E-state index contributed by atoms with van der Waals surface area (Å²) in [7, 11) is 1.69. The molecule has 2 heterocycles. The van der Waals surface area contributed by atoms with Crippen LogP contribution in [0.4, 0.5) is 10.5 Å². The number of methoxy groups -OCH3 is 1. The van der Waals surface area contributed by atoms with Crippen molar-refractivity contribution in [1.82, 2.24) is 19.9 Å². The third-order valence-corrected chi connectivity index (χ3v) is 4.65. The molecule has 1 aliphatic rings. The molecule has 0 bridgehead atoms. The van der Waals surface area contributed by atoms with Gasteiger partial charge in [-0.1, -0.05) is 23.4 Å². The summed E-state index contributed by atoms with van der Waals surface area (Å²) in [6, 6.07) is 7.87. The maximum absolute atomic E-state index is 12.6. The Hall–Kier alpha value is -2.41. The standard InChI is InChI=1S/C18H25N5O2/c1-25-13-8-16-4-2-3-5-17(16)20-18(24)22-10-6-15(7-11-22)14-23-12-9-19-21-23/h2-5,9,12,15H,6-8,10-11,13-14H2,1H3,(H,20,24). The Balaban J connectivity index is 1.51. The molecule has 1 aromatic carbocycles. The average Bonchev–Trinajstić information content (AvgIpc) is 3.14. The van der Waals surface area contributed by atoms with Crippen molar-refractivity contribution in [2.45, 2.75) is 25.8 Å². The highest BCUT2D eigenvalue weighted by molar-refractivity contribution is 5.90. The summed E-state index contributed by atoms with van der Waals surface area (Å²) in [6.07, 6.45) is 6.34. The van der Waals surface area contributed by atoms with Gasteiger partial charge >= 0.3 is 6.03 Å². The van der Waals surface area contributed by atoms with Crippen molar-refractivity contribution in [3.63, 3.8) is 0 Å². The van der Waals surface area contributed by atoms with Crippen LogP contribution in [-0.2, 0) is 17.7 Å². The van der Waals surface area contributed by atoms with Crippen LogP contribution >= 0.6 is 0 Å². The van der Waals surface area contributed by atoms with Crippen molar-refractivity contribution in [3.05, 3.63) is 42.2 Å². The summed E-state index contributed by atoms with van der Waals surface area (Å²) in [5.41, 5.74) is 1.97. The molecule has 7 nitrogen and oxygen atoms in total. The van der Waals surface area contributed by atoms with E-state index in [2.05, 4.69) is 15.6 Å². The summed E-state index contributed by atoms with van der Waals surface area (Å²) in [6.45, 7) is 3.05. The average molecular weight is 343 g/mol. The minimum Gasteiger partial charge on any atom is -0.384 e. The molecule has 0 saturated carbocycles. The van der Waals surface area contributed by atoms with Gasteiger partial charge in [-0.15, -0.1) is 5.10 Å². The van der Waals surface area contributed by atoms with Crippen LogP contribution in [-0.4, -0.2) is 52.7 Å². The van der Waals surface area contributed by atoms with Gasteiger partial charge in [-0.05, 0) is 36.8 Å². The first kappa shape index (κ1) is 17.4. The van der Waals surface area contributed by atoms with Gasteiger partial charge in [-0.25, -0.2) is 4.79 Å². The summed E-state index contributed by atoms with van der Waals surface area (Å²) in [5, 5.41) is 10.9. The molecule has 1 saturated heterocycles. The second-order valence-corrected chi connectivity index (χ2v) is 6.39. The van der Waals surface area contributed by atoms with Crippen LogP contribution in [0.3, 0.4) is 0 Å². The topological polar surface area (TPSA) is 72.3 Å². The molecular formula is C18H25N5O2.